The molecule has 128 valence electrons. The Hall–Kier alpha value is -1.64. The topological polar surface area (TPSA) is 104 Å². The lowest BCUT2D eigenvalue weighted by Gasteiger charge is -2.21. The van der Waals surface area contributed by atoms with Gasteiger partial charge in [-0.15, -0.1) is 0 Å². The largest absolute Gasteiger partial charge is 0.507 e. The Morgan fingerprint density at radius 1 is 1.22 bits per heavy atom. The first-order valence-corrected chi connectivity index (χ1v) is 9.10. The Balaban J connectivity index is 2.15. The third-order valence-corrected chi connectivity index (χ3v) is 5.11. The summed E-state index contributed by atoms with van der Waals surface area (Å²) in [5, 5.41) is 15.3. The summed E-state index contributed by atoms with van der Waals surface area (Å²) in [5.41, 5.74) is 1.19. The zero-order chi connectivity index (χ0) is 17.2. The predicted octanol–water partition coefficient (Wildman–Crippen LogP) is 0.867. The first kappa shape index (κ1) is 17.7. The normalized spacial score (nSPS) is 17.3. The maximum absolute atomic E-state index is 12.6. The zero-order valence-electron chi connectivity index (χ0n) is 13.4. The lowest BCUT2D eigenvalue weighted by Crippen LogP contribution is -2.40. The second kappa shape index (κ2) is 6.86. The summed E-state index contributed by atoms with van der Waals surface area (Å²) >= 11 is 0. The summed E-state index contributed by atoms with van der Waals surface area (Å²) in [6.45, 7) is 5.15. The molecule has 1 heterocycles. The molecule has 8 heteroatoms. The lowest BCUT2D eigenvalue weighted by molar-refractivity contribution is 0.0761. The second-order valence-corrected chi connectivity index (χ2v) is 7.57. The van der Waals surface area contributed by atoms with Crippen molar-refractivity contribution in [3.63, 3.8) is 0 Å². The van der Waals surface area contributed by atoms with Gasteiger partial charge in [0.1, 0.15) is 5.75 Å². The van der Waals surface area contributed by atoms with Crippen molar-refractivity contribution >= 4 is 16.1 Å². The summed E-state index contributed by atoms with van der Waals surface area (Å²) in [4.78, 5) is 14.1. The van der Waals surface area contributed by atoms with Gasteiger partial charge in [0, 0.05) is 26.2 Å². The van der Waals surface area contributed by atoms with Gasteiger partial charge < -0.3 is 10.0 Å². The highest BCUT2D eigenvalue weighted by molar-refractivity contribution is 7.86. The molecule has 23 heavy (non-hydrogen) atoms. The van der Waals surface area contributed by atoms with Crippen LogP contribution < -0.4 is 5.14 Å². The molecule has 1 amide bonds. The van der Waals surface area contributed by atoms with Crippen LogP contribution in [0.1, 0.15) is 42.1 Å². The van der Waals surface area contributed by atoms with Crippen LogP contribution in [0.2, 0.25) is 0 Å². The molecular formula is C15H23N3O4S. The molecule has 1 aliphatic heterocycles. The highest BCUT2D eigenvalue weighted by atomic mass is 32.2. The van der Waals surface area contributed by atoms with Crippen LogP contribution in [0.4, 0.5) is 0 Å². The molecule has 2 rings (SSSR count). The number of hydrogen-bond acceptors (Lipinski definition) is 4. The Bertz CT molecular complexity index is 688. The van der Waals surface area contributed by atoms with E-state index in [1.165, 1.54) is 4.31 Å². The van der Waals surface area contributed by atoms with Crippen molar-refractivity contribution in [1.82, 2.24) is 9.21 Å². The lowest BCUT2D eigenvalue weighted by atomic mass is 10.0. The van der Waals surface area contributed by atoms with E-state index >= 15 is 0 Å². The molecule has 0 bridgehead atoms. The fourth-order valence-corrected chi connectivity index (χ4v) is 3.33. The van der Waals surface area contributed by atoms with Crippen LogP contribution in [0, 0.1) is 0 Å². The minimum atomic E-state index is -3.74. The molecule has 0 atom stereocenters. The van der Waals surface area contributed by atoms with Gasteiger partial charge in [0.05, 0.1) is 5.56 Å². The Morgan fingerprint density at radius 2 is 1.91 bits per heavy atom. The van der Waals surface area contributed by atoms with Gasteiger partial charge in [0.15, 0.2) is 0 Å². The van der Waals surface area contributed by atoms with Gasteiger partial charge in [0.2, 0.25) is 0 Å². The average molecular weight is 341 g/mol. The number of nitrogens with two attached hydrogens (primary N) is 1. The summed E-state index contributed by atoms with van der Waals surface area (Å²) in [5.74, 6) is -0.0885. The number of aromatic hydroxyl groups is 1. The van der Waals surface area contributed by atoms with E-state index in [-0.39, 0.29) is 36.2 Å². The quantitative estimate of drug-likeness (QED) is 0.851. The standard InChI is InChI=1S/C15H23N3O4S/c1-11(2)12-4-5-13(14(19)10-12)15(20)17-6-3-7-18(9-8-17)23(16,21)22/h4-5,10-11,19H,3,6-9H2,1-2H3,(H2,16,21,22). The van der Waals surface area contributed by atoms with Crippen molar-refractivity contribution < 1.29 is 18.3 Å². The van der Waals surface area contributed by atoms with Crippen molar-refractivity contribution in [3.05, 3.63) is 29.3 Å². The molecule has 1 aliphatic rings. The van der Waals surface area contributed by atoms with Crippen molar-refractivity contribution in [1.29, 1.82) is 0 Å². The maximum Gasteiger partial charge on any atom is 0.276 e. The Kier molecular flexibility index (Phi) is 5.28. The van der Waals surface area contributed by atoms with E-state index in [2.05, 4.69) is 0 Å². The SMILES string of the molecule is CC(C)c1ccc(C(=O)N2CCCN(S(N)(=O)=O)CC2)c(O)c1. The number of phenols is 1. The first-order valence-electron chi connectivity index (χ1n) is 7.60. The smallest absolute Gasteiger partial charge is 0.276 e. The number of hydrogen-bond donors (Lipinski definition) is 2. The first-order chi connectivity index (χ1) is 10.7. The third kappa shape index (κ3) is 4.21. The monoisotopic (exact) mass is 341 g/mol. The van der Waals surface area contributed by atoms with E-state index in [4.69, 9.17) is 5.14 Å². The van der Waals surface area contributed by atoms with Gasteiger partial charge in [-0.3, -0.25) is 4.79 Å². The molecule has 1 aromatic carbocycles. The van der Waals surface area contributed by atoms with Crippen LogP contribution in [0.5, 0.6) is 5.75 Å². The second-order valence-electron chi connectivity index (χ2n) is 6.02. The van der Waals surface area contributed by atoms with E-state index in [0.29, 0.717) is 19.5 Å². The van der Waals surface area contributed by atoms with Crippen molar-refractivity contribution in [3.8, 4) is 5.75 Å². The van der Waals surface area contributed by atoms with Gasteiger partial charge in [-0.25, -0.2) is 5.14 Å². The fourth-order valence-electron chi connectivity index (χ4n) is 2.61. The summed E-state index contributed by atoms with van der Waals surface area (Å²) < 4.78 is 24.0. The number of carbonyl (C=O) groups is 1. The minimum absolute atomic E-state index is 0.0475. The van der Waals surface area contributed by atoms with Crippen LogP contribution in [-0.4, -0.2) is 54.8 Å². The highest BCUT2D eigenvalue weighted by Gasteiger charge is 2.26. The summed E-state index contributed by atoms with van der Waals surface area (Å²) in [6, 6.07) is 5.05. The number of rotatable bonds is 3. The summed E-state index contributed by atoms with van der Waals surface area (Å²) in [7, 11) is -3.74. The van der Waals surface area contributed by atoms with Gasteiger partial charge in [-0.2, -0.15) is 12.7 Å². The fraction of sp³-hybridized carbons (Fsp3) is 0.533. The molecule has 1 aromatic rings. The van der Waals surface area contributed by atoms with Gasteiger partial charge in [0.25, 0.3) is 16.1 Å². The zero-order valence-corrected chi connectivity index (χ0v) is 14.2. The molecule has 0 spiro atoms. The van der Waals surface area contributed by atoms with Crippen LogP contribution in [-0.2, 0) is 10.2 Å². The van der Waals surface area contributed by atoms with Crippen LogP contribution in [0.3, 0.4) is 0 Å². The number of nitrogens with zero attached hydrogens (tertiary/aromatic N) is 2. The number of phenolic OH excluding ortho intramolecular Hbond substituents is 1. The molecular weight excluding hydrogens is 318 g/mol. The van der Waals surface area contributed by atoms with Gasteiger partial charge in [-0.05, 0) is 30.0 Å². The van der Waals surface area contributed by atoms with Crippen molar-refractivity contribution in [2.24, 2.45) is 5.14 Å². The molecule has 1 saturated heterocycles. The van der Waals surface area contributed by atoms with Crippen LogP contribution in [0.25, 0.3) is 0 Å². The molecule has 7 nitrogen and oxygen atoms in total. The average Bonchev–Trinajstić information content (AvgIpc) is 2.72. The highest BCUT2D eigenvalue weighted by Crippen LogP contribution is 2.25. The van der Waals surface area contributed by atoms with Gasteiger partial charge >= 0.3 is 0 Å². The number of benzene rings is 1. The van der Waals surface area contributed by atoms with Crippen molar-refractivity contribution in [2.75, 3.05) is 26.2 Å². The van der Waals surface area contributed by atoms with E-state index in [0.717, 1.165) is 5.56 Å². The number of carbonyl (C=O) groups excluding carboxylic acids is 1. The molecule has 0 radical (unpaired) electrons. The van der Waals surface area contributed by atoms with Crippen LogP contribution >= 0.6 is 0 Å². The van der Waals surface area contributed by atoms with E-state index in [1.54, 1.807) is 17.0 Å². The minimum Gasteiger partial charge on any atom is -0.507 e. The van der Waals surface area contributed by atoms with E-state index in [9.17, 15) is 18.3 Å². The molecule has 1 fully saturated rings. The summed E-state index contributed by atoms with van der Waals surface area (Å²) in [6.07, 6.45) is 0.507. The van der Waals surface area contributed by atoms with E-state index < -0.39 is 10.2 Å². The molecule has 3 N–H and O–H groups in total. The van der Waals surface area contributed by atoms with Crippen molar-refractivity contribution in [2.45, 2.75) is 26.2 Å². The molecule has 0 aromatic heterocycles. The van der Waals surface area contributed by atoms with Gasteiger partial charge in [-0.1, -0.05) is 19.9 Å². The Morgan fingerprint density at radius 3 is 2.48 bits per heavy atom. The Labute approximate surface area is 136 Å². The molecule has 0 saturated carbocycles. The van der Waals surface area contributed by atoms with Crippen LogP contribution in [0.15, 0.2) is 18.2 Å². The molecule has 0 aliphatic carbocycles. The third-order valence-electron chi connectivity index (χ3n) is 4.02. The molecule has 0 unspecified atom stereocenters. The predicted molar refractivity (Wildman–Crippen MR) is 87.4 cm³/mol. The van der Waals surface area contributed by atoms with E-state index in [1.807, 2.05) is 19.9 Å². The maximum atomic E-state index is 12.6. The number of amides is 1.